The van der Waals surface area contributed by atoms with E-state index in [1.165, 1.54) is 39.0 Å². The maximum atomic E-state index is 9.44. The molecule has 0 aliphatic heterocycles. The zero-order chi connectivity index (χ0) is 10.3. The Morgan fingerprint density at radius 2 is 1.64 bits per heavy atom. The van der Waals surface area contributed by atoms with Gasteiger partial charge in [0.15, 0.2) is 0 Å². The maximum Gasteiger partial charge on any atom is 1.00 e. The van der Waals surface area contributed by atoms with Crippen LogP contribution < -0.4 is 35.3 Å². The molecule has 2 N–H and O–H groups in total. The van der Waals surface area contributed by atoms with Gasteiger partial charge in [-0.3, -0.25) is 0 Å². The summed E-state index contributed by atoms with van der Waals surface area (Å²) in [6.45, 7) is 1.31. The van der Waals surface area contributed by atoms with E-state index in [4.69, 9.17) is 5.73 Å². The number of hydrogen-bond donors (Lipinski definition) is 1. The molecular formula is C8H18NNaO3S. The first-order valence-corrected chi connectivity index (χ1v) is 6.22. The standard InChI is InChI=1S/C6H13N.C2H6O3S.Na/c7-6-4-2-1-3-5-6;1-2-6(3,4)5;/h6H,1-5,7H2;2H2,1H3,(H,3,4,5);/q;;+1/p-1. The molecule has 80 valence electrons. The Balaban J connectivity index is 0. The van der Waals surface area contributed by atoms with Crippen LogP contribution in [0.25, 0.3) is 0 Å². The largest absolute Gasteiger partial charge is 1.00 e. The Hall–Kier alpha value is 0.870. The molecule has 6 heteroatoms. The molecule has 0 aromatic heterocycles. The average Bonchev–Trinajstić information content (AvgIpc) is 2.06. The van der Waals surface area contributed by atoms with E-state index < -0.39 is 10.1 Å². The van der Waals surface area contributed by atoms with Crippen molar-refractivity contribution in [1.29, 1.82) is 0 Å². The van der Waals surface area contributed by atoms with Crippen LogP contribution in [0.2, 0.25) is 0 Å². The summed E-state index contributed by atoms with van der Waals surface area (Å²) < 4.78 is 28.3. The smallest absolute Gasteiger partial charge is 0.748 e. The van der Waals surface area contributed by atoms with Crippen molar-refractivity contribution >= 4 is 10.1 Å². The molecule has 4 nitrogen and oxygen atoms in total. The van der Waals surface area contributed by atoms with Gasteiger partial charge in [-0.05, 0) is 12.8 Å². The Morgan fingerprint density at radius 3 is 1.79 bits per heavy atom. The van der Waals surface area contributed by atoms with Crippen molar-refractivity contribution in [3.8, 4) is 0 Å². The summed E-state index contributed by atoms with van der Waals surface area (Å²) in [7, 11) is -3.91. The van der Waals surface area contributed by atoms with Crippen molar-refractivity contribution in [2.24, 2.45) is 5.73 Å². The van der Waals surface area contributed by atoms with Gasteiger partial charge in [0.2, 0.25) is 0 Å². The molecule has 0 radical (unpaired) electrons. The van der Waals surface area contributed by atoms with Crippen molar-refractivity contribution in [2.45, 2.75) is 45.1 Å². The zero-order valence-electron chi connectivity index (χ0n) is 9.03. The van der Waals surface area contributed by atoms with Gasteiger partial charge in [-0.15, -0.1) is 0 Å². The van der Waals surface area contributed by atoms with Gasteiger partial charge in [0.1, 0.15) is 0 Å². The Morgan fingerprint density at radius 1 is 1.29 bits per heavy atom. The molecule has 0 heterocycles. The van der Waals surface area contributed by atoms with Crippen LogP contribution in [0.3, 0.4) is 0 Å². The summed E-state index contributed by atoms with van der Waals surface area (Å²) in [6.07, 6.45) is 6.66. The first kappa shape index (κ1) is 17.3. The van der Waals surface area contributed by atoms with Gasteiger partial charge in [0.05, 0.1) is 10.1 Å². The predicted octanol–water partition coefficient (Wildman–Crippen LogP) is -2.17. The van der Waals surface area contributed by atoms with Gasteiger partial charge in [0, 0.05) is 11.8 Å². The Bertz CT molecular complexity index is 213. The third-order valence-corrected chi connectivity index (χ3v) is 2.71. The molecule has 0 amide bonds. The van der Waals surface area contributed by atoms with Crippen LogP contribution in [0, 0.1) is 0 Å². The quantitative estimate of drug-likeness (QED) is 0.411. The summed E-state index contributed by atoms with van der Waals surface area (Å²) in [4.78, 5) is 0. The minimum absolute atomic E-state index is 0. The van der Waals surface area contributed by atoms with E-state index in [0.29, 0.717) is 6.04 Å². The number of nitrogens with two attached hydrogens (primary N) is 1. The first-order chi connectivity index (χ1) is 5.95. The van der Waals surface area contributed by atoms with Gasteiger partial charge >= 0.3 is 29.6 Å². The van der Waals surface area contributed by atoms with E-state index in [-0.39, 0.29) is 35.3 Å². The Labute approximate surface area is 109 Å². The van der Waals surface area contributed by atoms with Crippen molar-refractivity contribution in [3.63, 3.8) is 0 Å². The Kier molecular flexibility index (Phi) is 11.3. The average molecular weight is 231 g/mol. The molecule has 0 spiro atoms. The normalized spacial score (nSPS) is 17.6. The molecule has 0 aromatic carbocycles. The minimum Gasteiger partial charge on any atom is -0.748 e. The maximum absolute atomic E-state index is 9.44. The van der Waals surface area contributed by atoms with Crippen LogP contribution >= 0.6 is 0 Å². The van der Waals surface area contributed by atoms with Gasteiger partial charge in [0.25, 0.3) is 0 Å². The summed E-state index contributed by atoms with van der Waals surface area (Å²) >= 11 is 0. The van der Waals surface area contributed by atoms with E-state index >= 15 is 0 Å². The fourth-order valence-electron chi connectivity index (χ4n) is 1.13. The third-order valence-electron chi connectivity index (χ3n) is 2.00. The SMILES string of the molecule is CCS(=O)(=O)[O-].NC1CCCCC1.[Na+]. The van der Waals surface area contributed by atoms with E-state index in [1.807, 2.05) is 0 Å². The fourth-order valence-corrected chi connectivity index (χ4v) is 1.13. The summed E-state index contributed by atoms with van der Waals surface area (Å²) in [5.74, 6) is -0.312. The van der Waals surface area contributed by atoms with Gasteiger partial charge in [-0.2, -0.15) is 0 Å². The third kappa shape index (κ3) is 12.9. The van der Waals surface area contributed by atoms with Crippen molar-refractivity contribution in [2.75, 3.05) is 5.75 Å². The molecule has 0 bridgehead atoms. The molecule has 1 saturated carbocycles. The van der Waals surface area contributed by atoms with E-state index in [9.17, 15) is 13.0 Å². The first-order valence-electron chi connectivity index (χ1n) is 4.65. The van der Waals surface area contributed by atoms with Gasteiger partial charge in [-0.1, -0.05) is 26.2 Å². The molecule has 0 atom stereocenters. The summed E-state index contributed by atoms with van der Waals surface area (Å²) in [6, 6.07) is 0.536. The van der Waals surface area contributed by atoms with Crippen LogP contribution in [0.5, 0.6) is 0 Å². The molecular weight excluding hydrogens is 213 g/mol. The van der Waals surface area contributed by atoms with E-state index in [0.717, 1.165) is 0 Å². The van der Waals surface area contributed by atoms with Crippen molar-refractivity contribution in [1.82, 2.24) is 0 Å². The molecule has 1 aliphatic rings. The molecule has 0 unspecified atom stereocenters. The summed E-state index contributed by atoms with van der Waals surface area (Å²) in [5.41, 5.74) is 5.63. The van der Waals surface area contributed by atoms with E-state index in [2.05, 4.69) is 0 Å². The molecule has 1 rings (SSSR count). The van der Waals surface area contributed by atoms with Crippen LogP contribution in [-0.4, -0.2) is 24.8 Å². The topological polar surface area (TPSA) is 83.2 Å². The van der Waals surface area contributed by atoms with Crippen molar-refractivity contribution < 1.29 is 42.5 Å². The second-order valence-electron chi connectivity index (χ2n) is 3.24. The molecule has 1 fully saturated rings. The van der Waals surface area contributed by atoms with Crippen LogP contribution in [0.4, 0.5) is 0 Å². The van der Waals surface area contributed by atoms with Gasteiger partial charge in [-0.25, -0.2) is 8.42 Å². The fraction of sp³-hybridized carbons (Fsp3) is 1.00. The van der Waals surface area contributed by atoms with E-state index in [1.54, 1.807) is 0 Å². The monoisotopic (exact) mass is 231 g/mol. The van der Waals surface area contributed by atoms with Crippen LogP contribution in [-0.2, 0) is 10.1 Å². The molecule has 0 saturated heterocycles. The second-order valence-corrected chi connectivity index (χ2v) is 4.94. The molecule has 0 aromatic rings. The predicted molar refractivity (Wildman–Crippen MR) is 51.3 cm³/mol. The van der Waals surface area contributed by atoms with Crippen LogP contribution in [0.1, 0.15) is 39.0 Å². The molecule has 1 aliphatic carbocycles. The minimum atomic E-state index is -3.91. The second kappa shape index (κ2) is 9.12. The number of rotatable bonds is 1. The van der Waals surface area contributed by atoms with Crippen LogP contribution in [0.15, 0.2) is 0 Å². The zero-order valence-corrected chi connectivity index (χ0v) is 11.8. The molecule has 14 heavy (non-hydrogen) atoms. The summed E-state index contributed by atoms with van der Waals surface area (Å²) in [5, 5.41) is 0. The van der Waals surface area contributed by atoms with Gasteiger partial charge < -0.3 is 10.3 Å². The number of hydrogen-bond acceptors (Lipinski definition) is 4. The van der Waals surface area contributed by atoms with Crippen molar-refractivity contribution in [3.05, 3.63) is 0 Å².